The number of amides is 1. The van der Waals surface area contributed by atoms with Crippen molar-refractivity contribution in [2.24, 2.45) is 7.05 Å². The fourth-order valence-corrected chi connectivity index (χ4v) is 2.89. The van der Waals surface area contributed by atoms with Gasteiger partial charge in [-0.25, -0.2) is 4.98 Å². The second-order valence-electron chi connectivity index (χ2n) is 4.70. The lowest BCUT2D eigenvalue weighted by molar-refractivity contribution is 0.0785. The number of hydrogen-bond acceptors (Lipinski definition) is 4. The minimum absolute atomic E-state index is 0.0526. The fraction of sp³-hybridized carbons (Fsp3) is 0.333. The summed E-state index contributed by atoms with van der Waals surface area (Å²) in [5, 5.41) is 8.74. The van der Waals surface area contributed by atoms with Crippen LogP contribution in [-0.2, 0) is 13.6 Å². The maximum Gasteiger partial charge on any atom is 0.264 e. The van der Waals surface area contributed by atoms with Gasteiger partial charge < -0.3 is 14.6 Å². The van der Waals surface area contributed by atoms with Gasteiger partial charge >= 0.3 is 0 Å². The predicted octanol–water partition coefficient (Wildman–Crippen LogP) is 1.41. The van der Waals surface area contributed by atoms with Gasteiger partial charge in [-0.2, -0.15) is 0 Å². The fourth-order valence-electron chi connectivity index (χ4n) is 1.85. The van der Waals surface area contributed by atoms with Gasteiger partial charge in [0.1, 0.15) is 12.4 Å². The molecule has 0 radical (unpaired) electrons. The summed E-state index contributed by atoms with van der Waals surface area (Å²) < 4.78 is 1.89. The zero-order valence-corrected chi connectivity index (χ0v) is 13.1. The number of rotatable bonds is 3. The molecule has 0 aliphatic heterocycles. The smallest absolute Gasteiger partial charge is 0.264 e. The predicted molar refractivity (Wildman–Crippen MR) is 82.0 cm³/mol. The topological polar surface area (TPSA) is 58.4 Å². The summed E-state index contributed by atoms with van der Waals surface area (Å²) in [6.07, 6.45) is 3.57. The Morgan fingerprint density at radius 2 is 2.33 bits per heavy atom. The molecule has 5 nitrogen and oxygen atoms in total. The first-order valence-corrected chi connectivity index (χ1v) is 7.26. The molecule has 0 unspecified atom stereocenters. The molecule has 2 rings (SSSR count). The Balaban J connectivity index is 2.14. The Kier molecular flexibility index (Phi) is 4.78. The van der Waals surface area contributed by atoms with Gasteiger partial charge in [0.2, 0.25) is 0 Å². The Hall–Kier alpha value is -2.10. The molecule has 0 saturated carbocycles. The van der Waals surface area contributed by atoms with E-state index in [1.54, 1.807) is 18.1 Å². The van der Waals surface area contributed by atoms with Crippen LogP contribution in [0.1, 0.15) is 25.9 Å². The molecule has 1 N–H and O–H groups in total. The molecule has 0 spiro atoms. The van der Waals surface area contributed by atoms with Crippen LogP contribution in [0.25, 0.3) is 0 Å². The molecule has 0 bridgehead atoms. The number of carbonyl (C=O) groups is 1. The summed E-state index contributed by atoms with van der Waals surface area (Å²) >= 11 is 1.35. The zero-order valence-electron chi connectivity index (χ0n) is 12.3. The van der Waals surface area contributed by atoms with E-state index in [4.69, 9.17) is 5.11 Å². The van der Waals surface area contributed by atoms with Gasteiger partial charge in [0.15, 0.2) is 0 Å². The first-order chi connectivity index (χ1) is 10.0. The molecular weight excluding hydrogens is 286 g/mol. The molecule has 2 aromatic heterocycles. The molecular formula is C15H17N3O2S. The Morgan fingerprint density at radius 3 is 2.95 bits per heavy atom. The highest BCUT2D eigenvalue weighted by Gasteiger charge is 2.17. The molecule has 0 aliphatic rings. The highest BCUT2D eigenvalue weighted by atomic mass is 32.1. The number of thiophene rings is 1. The number of aliphatic hydroxyl groups is 1. The average molecular weight is 303 g/mol. The van der Waals surface area contributed by atoms with E-state index in [-0.39, 0.29) is 12.5 Å². The SMILES string of the molecule is Cc1cc(C(=O)N(C)Cc2nccn2C)sc1C#CCO. The van der Waals surface area contributed by atoms with Crippen LogP contribution in [0.3, 0.4) is 0 Å². The largest absolute Gasteiger partial charge is 0.384 e. The number of carbonyl (C=O) groups excluding carboxylic acids is 1. The molecule has 110 valence electrons. The van der Waals surface area contributed by atoms with Crippen molar-refractivity contribution in [1.29, 1.82) is 0 Å². The summed E-state index contributed by atoms with van der Waals surface area (Å²) in [6, 6.07) is 1.84. The molecule has 6 heteroatoms. The van der Waals surface area contributed by atoms with Crippen molar-refractivity contribution >= 4 is 17.2 Å². The van der Waals surface area contributed by atoms with Crippen molar-refractivity contribution in [3.05, 3.63) is 39.6 Å². The molecule has 21 heavy (non-hydrogen) atoms. The maximum absolute atomic E-state index is 12.4. The molecule has 0 saturated heterocycles. The number of imidazole rings is 1. The van der Waals surface area contributed by atoms with Gasteiger partial charge in [-0.3, -0.25) is 4.79 Å². The quantitative estimate of drug-likeness (QED) is 0.872. The molecule has 0 aliphatic carbocycles. The Morgan fingerprint density at radius 1 is 1.57 bits per heavy atom. The summed E-state index contributed by atoms with van der Waals surface area (Å²) in [7, 11) is 3.66. The van der Waals surface area contributed by atoms with E-state index < -0.39 is 0 Å². The van der Waals surface area contributed by atoms with E-state index in [9.17, 15) is 4.79 Å². The first-order valence-electron chi connectivity index (χ1n) is 6.44. The summed E-state index contributed by atoms with van der Waals surface area (Å²) in [5.74, 6) is 6.25. The van der Waals surface area contributed by atoms with E-state index in [1.807, 2.05) is 30.8 Å². The molecule has 0 fully saturated rings. The van der Waals surface area contributed by atoms with Crippen LogP contribution in [0, 0.1) is 18.8 Å². The number of hydrogen-bond donors (Lipinski definition) is 1. The van der Waals surface area contributed by atoms with Gasteiger partial charge in [-0.15, -0.1) is 11.3 Å². The van der Waals surface area contributed by atoms with E-state index in [1.165, 1.54) is 11.3 Å². The highest BCUT2D eigenvalue weighted by Crippen LogP contribution is 2.22. The molecule has 2 heterocycles. The van der Waals surface area contributed by atoms with Crippen molar-refractivity contribution in [1.82, 2.24) is 14.5 Å². The van der Waals surface area contributed by atoms with E-state index in [0.717, 1.165) is 16.3 Å². The van der Waals surface area contributed by atoms with Crippen molar-refractivity contribution in [3.63, 3.8) is 0 Å². The third-order valence-electron chi connectivity index (χ3n) is 3.06. The Bertz CT molecular complexity index is 706. The normalized spacial score (nSPS) is 10.1. The first kappa shape index (κ1) is 15.3. The lowest BCUT2D eigenvalue weighted by Crippen LogP contribution is -2.26. The van der Waals surface area contributed by atoms with Crippen LogP contribution >= 0.6 is 11.3 Å². The van der Waals surface area contributed by atoms with Crippen LogP contribution in [0.4, 0.5) is 0 Å². The summed E-state index contributed by atoms with van der Waals surface area (Å²) in [4.78, 5) is 19.7. The van der Waals surface area contributed by atoms with Crippen molar-refractivity contribution in [3.8, 4) is 11.8 Å². The van der Waals surface area contributed by atoms with E-state index in [0.29, 0.717) is 11.4 Å². The highest BCUT2D eigenvalue weighted by molar-refractivity contribution is 7.14. The van der Waals surface area contributed by atoms with Crippen LogP contribution < -0.4 is 0 Å². The van der Waals surface area contributed by atoms with E-state index in [2.05, 4.69) is 16.8 Å². The number of nitrogens with zero attached hydrogens (tertiary/aromatic N) is 3. The van der Waals surface area contributed by atoms with Crippen LogP contribution in [0.2, 0.25) is 0 Å². The van der Waals surface area contributed by atoms with E-state index >= 15 is 0 Å². The lowest BCUT2D eigenvalue weighted by atomic mass is 10.2. The van der Waals surface area contributed by atoms with Crippen molar-refractivity contribution in [2.45, 2.75) is 13.5 Å². The van der Waals surface area contributed by atoms with Crippen molar-refractivity contribution < 1.29 is 9.90 Å². The van der Waals surface area contributed by atoms with Crippen LogP contribution in [0.15, 0.2) is 18.5 Å². The lowest BCUT2D eigenvalue weighted by Gasteiger charge is -2.15. The average Bonchev–Trinajstić information content (AvgIpc) is 3.02. The molecule has 1 amide bonds. The molecule has 2 aromatic rings. The van der Waals surface area contributed by atoms with Crippen LogP contribution in [0.5, 0.6) is 0 Å². The van der Waals surface area contributed by atoms with Gasteiger partial charge in [-0.05, 0) is 18.6 Å². The monoisotopic (exact) mass is 303 g/mol. The minimum Gasteiger partial charge on any atom is -0.384 e. The van der Waals surface area contributed by atoms with Crippen molar-refractivity contribution in [2.75, 3.05) is 13.7 Å². The minimum atomic E-state index is -0.181. The van der Waals surface area contributed by atoms with Gasteiger partial charge in [-0.1, -0.05) is 11.8 Å². The maximum atomic E-state index is 12.4. The number of aryl methyl sites for hydroxylation is 2. The number of aromatic nitrogens is 2. The summed E-state index contributed by atoms with van der Waals surface area (Å²) in [6.45, 7) is 2.18. The molecule has 0 aromatic carbocycles. The second-order valence-corrected chi connectivity index (χ2v) is 5.75. The zero-order chi connectivity index (χ0) is 15.4. The third kappa shape index (κ3) is 3.51. The second kappa shape index (κ2) is 6.57. The van der Waals surface area contributed by atoms with Gasteiger partial charge in [0.25, 0.3) is 5.91 Å². The Labute approximate surface area is 127 Å². The van der Waals surface area contributed by atoms with Gasteiger partial charge in [0.05, 0.1) is 16.3 Å². The third-order valence-corrected chi connectivity index (χ3v) is 4.20. The molecule has 0 atom stereocenters. The number of aliphatic hydroxyl groups excluding tert-OH is 1. The van der Waals surface area contributed by atoms with Gasteiger partial charge in [0, 0.05) is 26.5 Å². The summed E-state index contributed by atoms with van der Waals surface area (Å²) in [5.41, 5.74) is 0.953. The standard InChI is InChI=1S/C15H17N3O2S/c1-11-9-13(21-12(11)5-4-8-19)15(20)18(3)10-14-16-6-7-17(14)2/h6-7,9,19H,8,10H2,1-3H3. The van der Waals surface area contributed by atoms with Crippen LogP contribution in [-0.4, -0.2) is 39.1 Å².